The van der Waals surface area contributed by atoms with E-state index in [1.165, 1.54) is 0 Å². The van der Waals surface area contributed by atoms with Crippen LogP contribution in [0.2, 0.25) is 0 Å². The highest BCUT2D eigenvalue weighted by Gasteiger charge is 2.55. The molecule has 1 aliphatic rings. The van der Waals surface area contributed by atoms with Gasteiger partial charge >= 0.3 is 5.97 Å². The minimum atomic E-state index is -0.646. The fourth-order valence-electron chi connectivity index (χ4n) is 2.77. The summed E-state index contributed by atoms with van der Waals surface area (Å²) in [5.74, 6) is -0.646. The second-order valence-corrected chi connectivity index (χ2v) is 5.23. The maximum Gasteiger partial charge on any atom is 0.310 e. The van der Waals surface area contributed by atoms with Gasteiger partial charge in [0.1, 0.15) is 0 Å². The smallest absolute Gasteiger partial charge is 0.310 e. The number of carboxylic acid groups (broad SMARTS) is 1. The SMILES string of the molecule is CC(C)(c1ccccc1)C1(C(=O)O)CCC1. The van der Waals surface area contributed by atoms with Gasteiger partial charge in [0.15, 0.2) is 0 Å². The van der Waals surface area contributed by atoms with Crippen LogP contribution in [-0.4, -0.2) is 11.1 Å². The first-order valence-electron chi connectivity index (χ1n) is 5.80. The molecule has 1 fully saturated rings. The number of hydrogen-bond donors (Lipinski definition) is 1. The molecule has 0 heterocycles. The molecule has 1 aliphatic carbocycles. The summed E-state index contributed by atoms with van der Waals surface area (Å²) in [6, 6.07) is 9.98. The molecule has 1 N–H and O–H groups in total. The molecule has 0 unspecified atom stereocenters. The van der Waals surface area contributed by atoms with Crippen LogP contribution in [-0.2, 0) is 10.2 Å². The third-order valence-electron chi connectivity index (χ3n) is 4.31. The topological polar surface area (TPSA) is 37.3 Å². The van der Waals surface area contributed by atoms with Crippen molar-refractivity contribution in [3.05, 3.63) is 35.9 Å². The normalized spacial score (nSPS) is 18.9. The Bertz CT molecular complexity index is 388. The van der Waals surface area contributed by atoms with E-state index in [9.17, 15) is 9.90 Å². The predicted octanol–water partition coefficient (Wildman–Crippen LogP) is 3.22. The van der Waals surface area contributed by atoms with Gasteiger partial charge in [0.2, 0.25) is 0 Å². The van der Waals surface area contributed by atoms with Gasteiger partial charge in [-0.25, -0.2) is 0 Å². The molecular formula is C14H18O2. The molecule has 2 nitrogen and oxygen atoms in total. The van der Waals surface area contributed by atoms with Gasteiger partial charge in [0.25, 0.3) is 0 Å². The third-order valence-corrected chi connectivity index (χ3v) is 4.31. The molecule has 0 bridgehead atoms. The second kappa shape index (κ2) is 3.62. The highest BCUT2D eigenvalue weighted by atomic mass is 16.4. The van der Waals surface area contributed by atoms with Gasteiger partial charge in [0.05, 0.1) is 5.41 Å². The highest BCUT2D eigenvalue weighted by Crippen LogP contribution is 2.55. The van der Waals surface area contributed by atoms with Gasteiger partial charge in [-0.1, -0.05) is 50.6 Å². The van der Waals surface area contributed by atoms with Crippen molar-refractivity contribution < 1.29 is 9.90 Å². The summed E-state index contributed by atoms with van der Waals surface area (Å²) in [6.45, 7) is 4.10. The monoisotopic (exact) mass is 218 g/mol. The molecule has 0 aliphatic heterocycles. The zero-order chi connectivity index (χ0) is 11.8. The summed E-state index contributed by atoms with van der Waals surface area (Å²) >= 11 is 0. The number of carbonyl (C=O) groups is 1. The average Bonchev–Trinajstić information content (AvgIpc) is 2.16. The number of rotatable bonds is 3. The number of hydrogen-bond acceptors (Lipinski definition) is 1. The molecule has 0 amide bonds. The summed E-state index contributed by atoms with van der Waals surface area (Å²) in [7, 11) is 0. The quantitative estimate of drug-likeness (QED) is 0.845. The Balaban J connectivity index is 2.42. The van der Waals surface area contributed by atoms with Crippen molar-refractivity contribution in [1.82, 2.24) is 0 Å². The van der Waals surface area contributed by atoms with Crippen LogP contribution in [0.25, 0.3) is 0 Å². The van der Waals surface area contributed by atoms with Gasteiger partial charge in [-0.3, -0.25) is 4.79 Å². The lowest BCUT2D eigenvalue weighted by Gasteiger charge is -2.50. The van der Waals surface area contributed by atoms with Gasteiger partial charge in [-0.05, 0) is 18.4 Å². The van der Waals surface area contributed by atoms with Crippen molar-refractivity contribution >= 4 is 5.97 Å². The molecule has 0 saturated heterocycles. The minimum Gasteiger partial charge on any atom is -0.481 e. The molecule has 0 atom stereocenters. The van der Waals surface area contributed by atoms with Crippen molar-refractivity contribution in [2.45, 2.75) is 38.5 Å². The van der Waals surface area contributed by atoms with Crippen LogP contribution in [0.1, 0.15) is 38.7 Å². The maximum atomic E-state index is 11.5. The Morgan fingerprint density at radius 2 is 1.81 bits per heavy atom. The Hall–Kier alpha value is -1.31. The zero-order valence-electron chi connectivity index (χ0n) is 9.86. The van der Waals surface area contributed by atoms with Crippen LogP contribution in [0, 0.1) is 5.41 Å². The Kier molecular flexibility index (Phi) is 2.53. The molecule has 0 aromatic heterocycles. The van der Waals surface area contributed by atoms with Crippen molar-refractivity contribution in [3.8, 4) is 0 Å². The van der Waals surface area contributed by atoms with E-state index >= 15 is 0 Å². The minimum absolute atomic E-state index is 0.293. The lowest BCUT2D eigenvalue weighted by atomic mass is 9.52. The van der Waals surface area contributed by atoms with Crippen LogP contribution >= 0.6 is 0 Å². The van der Waals surface area contributed by atoms with E-state index in [4.69, 9.17) is 0 Å². The van der Waals surface area contributed by atoms with E-state index in [0.717, 1.165) is 24.8 Å². The highest BCUT2D eigenvalue weighted by molar-refractivity contribution is 5.78. The van der Waals surface area contributed by atoms with Crippen LogP contribution < -0.4 is 0 Å². The fraction of sp³-hybridized carbons (Fsp3) is 0.500. The first kappa shape index (κ1) is 11.2. The van der Waals surface area contributed by atoms with Crippen LogP contribution in [0.15, 0.2) is 30.3 Å². The molecule has 1 saturated carbocycles. The molecule has 1 aromatic carbocycles. The van der Waals surface area contributed by atoms with E-state index < -0.39 is 11.4 Å². The van der Waals surface area contributed by atoms with Gasteiger partial charge in [-0.15, -0.1) is 0 Å². The van der Waals surface area contributed by atoms with E-state index in [1.807, 2.05) is 30.3 Å². The number of benzene rings is 1. The summed E-state index contributed by atoms with van der Waals surface area (Å²) in [5, 5.41) is 9.48. The molecule has 2 heteroatoms. The van der Waals surface area contributed by atoms with Crippen LogP contribution in [0.4, 0.5) is 0 Å². The predicted molar refractivity (Wildman–Crippen MR) is 63.4 cm³/mol. The van der Waals surface area contributed by atoms with E-state index in [0.29, 0.717) is 0 Å². The molecule has 16 heavy (non-hydrogen) atoms. The number of aliphatic carboxylic acids is 1. The molecular weight excluding hydrogens is 200 g/mol. The van der Waals surface area contributed by atoms with Gasteiger partial charge in [0, 0.05) is 5.41 Å². The van der Waals surface area contributed by atoms with Crippen molar-refractivity contribution in [2.24, 2.45) is 5.41 Å². The second-order valence-electron chi connectivity index (χ2n) is 5.23. The Morgan fingerprint density at radius 1 is 1.25 bits per heavy atom. The summed E-state index contributed by atoms with van der Waals surface area (Å²) in [4.78, 5) is 11.5. The van der Waals surface area contributed by atoms with Crippen molar-refractivity contribution in [1.29, 1.82) is 0 Å². The summed E-state index contributed by atoms with van der Waals surface area (Å²) in [6.07, 6.45) is 2.62. The fourth-order valence-corrected chi connectivity index (χ4v) is 2.77. The van der Waals surface area contributed by atoms with Gasteiger partial charge in [-0.2, -0.15) is 0 Å². The third kappa shape index (κ3) is 1.36. The number of carboxylic acids is 1. The van der Waals surface area contributed by atoms with E-state index in [-0.39, 0.29) is 5.41 Å². The lowest BCUT2D eigenvalue weighted by molar-refractivity contribution is -0.160. The average molecular weight is 218 g/mol. The van der Waals surface area contributed by atoms with E-state index in [1.54, 1.807) is 0 Å². The first-order valence-corrected chi connectivity index (χ1v) is 5.80. The zero-order valence-corrected chi connectivity index (χ0v) is 9.86. The van der Waals surface area contributed by atoms with Crippen molar-refractivity contribution in [2.75, 3.05) is 0 Å². The lowest BCUT2D eigenvalue weighted by Crippen LogP contribution is -2.52. The molecule has 1 aromatic rings. The van der Waals surface area contributed by atoms with Crippen molar-refractivity contribution in [3.63, 3.8) is 0 Å². The molecule has 2 rings (SSSR count). The first-order chi connectivity index (χ1) is 7.51. The summed E-state index contributed by atoms with van der Waals surface area (Å²) < 4.78 is 0. The maximum absolute atomic E-state index is 11.5. The standard InChI is InChI=1S/C14H18O2/c1-13(2,11-7-4-3-5-8-11)14(12(15)16)9-6-10-14/h3-5,7-8H,6,9-10H2,1-2H3,(H,15,16). The molecule has 0 spiro atoms. The summed E-state index contributed by atoms with van der Waals surface area (Å²) in [5.41, 5.74) is 0.268. The van der Waals surface area contributed by atoms with Gasteiger partial charge < -0.3 is 5.11 Å². The Labute approximate surface area is 96.3 Å². The van der Waals surface area contributed by atoms with Crippen LogP contribution in [0.3, 0.4) is 0 Å². The molecule has 86 valence electrons. The largest absolute Gasteiger partial charge is 0.481 e. The van der Waals surface area contributed by atoms with E-state index in [2.05, 4.69) is 13.8 Å². The van der Waals surface area contributed by atoms with Crippen LogP contribution in [0.5, 0.6) is 0 Å². The molecule has 0 radical (unpaired) electrons. The Morgan fingerprint density at radius 3 is 2.19 bits per heavy atom.